The minimum Gasteiger partial charge on any atom is -0.410 e. The smallest absolute Gasteiger partial charge is 0.242 e. The number of hydrogen-bond donors (Lipinski definition) is 1. The van der Waals surface area contributed by atoms with Crippen molar-refractivity contribution in [3.63, 3.8) is 0 Å². The van der Waals surface area contributed by atoms with Crippen molar-refractivity contribution in [2.45, 2.75) is 0 Å². The first-order valence-corrected chi connectivity index (χ1v) is 10.1. The summed E-state index contributed by atoms with van der Waals surface area (Å²) in [5.74, 6) is 37.6. The second-order valence-electron chi connectivity index (χ2n) is 4.79. The monoisotopic (exact) mass is 436 g/mol. The zero-order chi connectivity index (χ0) is 22.7. The fourth-order valence-corrected chi connectivity index (χ4v) is 5.02. The molecule has 2 fully saturated rings. The standard InChI is InChI=1S/C23H2O6P2/c1-2-3-4-5-6-7-8-9-10-11-12-13-14-15-16-17-18-29-31-21(26)23(22(31)27)19(24)30(28)20(23)25/h1,28H. The zero-order valence-corrected chi connectivity index (χ0v) is 16.7. The lowest BCUT2D eigenvalue weighted by Crippen LogP contribution is -2.64. The topological polar surface area (TPSA) is 97.7 Å². The normalized spacial score (nSPS) is 20.6. The molecular formula is C23H2O6P2. The van der Waals surface area contributed by atoms with Gasteiger partial charge in [0.15, 0.2) is 8.15 Å². The molecule has 0 radical (unpaired) electrons. The predicted molar refractivity (Wildman–Crippen MR) is 111 cm³/mol. The molecule has 0 saturated carbocycles. The van der Waals surface area contributed by atoms with Gasteiger partial charge in [-0.15, -0.1) is 6.42 Å². The Balaban J connectivity index is 1.80. The number of rotatable bonds is 1. The Morgan fingerprint density at radius 3 is 1.35 bits per heavy atom. The number of hydrogen-bond acceptors (Lipinski definition) is 6. The average Bonchev–Trinajstić information content (AvgIpc) is 2.78. The molecule has 0 atom stereocenters. The van der Waals surface area contributed by atoms with Gasteiger partial charge in [-0.3, -0.25) is 19.2 Å². The van der Waals surface area contributed by atoms with E-state index in [0.29, 0.717) is 0 Å². The lowest BCUT2D eigenvalue weighted by Gasteiger charge is -2.45. The number of carbonyl (C=O) groups excluding carboxylic acids is 4. The second-order valence-corrected chi connectivity index (χ2v) is 7.81. The fourth-order valence-electron chi connectivity index (χ4n) is 1.87. The lowest BCUT2D eigenvalue weighted by atomic mass is 9.92. The van der Waals surface area contributed by atoms with E-state index in [4.69, 9.17) is 10.9 Å². The summed E-state index contributed by atoms with van der Waals surface area (Å²) in [6.45, 7) is 0. The molecule has 6 nitrogen and oxygen atoms in total. The van der Waals surface area contributed by atoms with Crippen LogP contribution in [0.1, 0.15) is 0 Å². The molecule has 2 rings (SSSR count). The number of terminal acetylenes is 1. The van der Waals surface area contributed by atoms with Crippen LogP contribution >= 0.6 is 16.3 Å². The Bertz CT molecular complexity index is 1430. The third-order valence-corrected chi connectivity index (χ3v) is 6.29. The summed E-state index contributed by atoms with van der Waals surface area (Å²) < 4.78 is 4.78. The van der Waals surface area contributed by atoms with Crippen LogP contribution in [0.4, 0.5) is 0 Å². The minimum atomic E-state index is -2.57. The van der Waals surface area contributed by atoms with Gasteiger partial charge in [0, 0.05) is 47.4 Å². The lowest BCUT2D eigenvalue weighted by molar-refractivity contribution is -0.150. The van der Waals surface area contributed by atoms with Gasteiger partial charge < -0.3 is 9.42 Å². The van der Waals surface area contributed by atoms with Crippen LogP contribution < -0.4 is 0 Å². The highest BCUT2D eigenvalue weighted by Crippen LogP contribution is 2.73. The molecule has 0 aromatic heterocycles. The molecule has 2 heterocycles. The van der Waals surface area contributed by atoms with E-state index < -0.39 is 43.8 Å². The van der Waals surface area contributed by atoms with Gasteiger partial charge in [-0.2, -0.15) is 0 Å². The SMILES string of the molecule is C#CC#CC#CC#CC#CC#CC#CC#CC#COP1C(=O)C2(C(=O)P(O)C2=O)C1=O. The van der Waals surface area contributed by atoms with E-state index >= 15 is 0 Å². The van der Waals surface area contributed by atoms with Gasteiger partial charge in [-0.25, -0.2) is 0 Å². The van der Waals surface area contributed by atoms with Gasteiger partial charge in [-0.1, -0.05) is 0 Å². The van der Waals surface area contributed by atoms with E-state index in [9.17, 15) is 24.1 Å². The van der Waals surface area contributed by atoms with Gasteiger partial charge in [0.2, 0.25) is 35.7 Å². The van der Waals surface area contributed by atoms with Crippen LogP contribution in [-0.2, 0) is 23.7 Å². The summed E-state index contributed by atoms with van der Waals surface area (Å²) in [6.07, 6.45) is 6.93. The number of carbonyl (C=O) groups is 4. The summed E-state index contributed by atoms with van der Waals surface area (Å²) in [6, 6.07) is 0. The van der Waals surface area contributed by atoms with Gasteiger partial charge in [-0.05, 0) is 47.4 Å². The first-order chi connectivity index (χ1) is 15.0. The molecule has 1 spiro atoms. The van der Waals surface area contributed by atoms with Crippen LogP contribution in [0.3, 0.4) is 0 Å². The molecule has 2 aliphatic heterocycles. The van der Waals surface area contributed by atoms with Gasteiger partial charge in [0.25, 0.3) is 0 Å². The molecule has 8 heteroatoms. The van der Waals surface area contributed by atoms with E-state index in [2.05, 4.69) is 94.7 Å². The highest BCUT2D eigenvalue weighted by atomic mass is 31.1. The average molecular weight is 436 g/mol. The highest BCUT2D eigenvalue weighted by Gasteiger charge is 2.82. The van der Waals surface area contributed by atoms with Gasteiger partial charge in [0.05, 0.1) is 0 Å². The quantitative estimate of drug-likeness (QED) is 0.339. The van der Waals surface area contributed by atoms with Crippen molar-refractivity contribution in [2.24, 2.45) is 5.41 Å². The molecule has 140 valence electrons. The molecule has 31 heavy (non-hydrogen) atoms. The fraction of sp³-hybridized carbons (Fsp3) is 0.0435. The first-order valence-electron chi connectivity index (χ1n) is 7.59. The van der Waals surface area contributed by atoms with Crippen molar-refractivity contribution < 1.29 is 28.6 Å². The second kappa shape index (κ2) is 10.8. The Hall–Kier alpha value is -4.66. The molecule has 0 aromatic carbocycles. The van der Waals surface area contributed by atoms with Crippen LogP contribution in [0.25, 0.3) is 0 Å². The molecule has 2 aliphatic rings. The Morgan fingerprint density at radius 1 is 0.613 bits per heavy atom. The van der Waals surface area contributed by atoms with E-state index in [1.54, 1.807) is 0 Å². The molecule has 0 amide bonds. The predicted octanol–water partition coefficient (Wildman–Crippen LogP) is -0.473. The summed E-state index contributed by atoms with van der Waals surface area (Å²) in [7, 11) is -4.92. The molecule has 2 saturated heterocycles. The Labute approximate surface area is 179 Å². The van der Waals surface area contributed by atoms with Crippen molar-refractivity contribution in [3.05, 3.63) is 0 Å². The van der Waals surface area contributed by atoms with Gasteiger partial charge in [0.1, 0.15) is 6.11 Å². The highest BCUT2D eigenvalue weighted by molar-refractivity contribution is 7.98. The third-order valence-electron chi connectivity index (χ3n) is 3.17. The van der Waals surface area contributed by atoms with E-state index in [1.165, 1.54) is 0 Å². The van der Waals surface area contributed by atoms with E-state index in [-0.39, 0.29) is 0 Å². The van der Waals surface area contributed by atoms with Gasteiger partial charge >= 0.3 is 0 Å². The van der Waals surface area contributed by atoms with Crippen LogP contribution in [-0.4, -0.2) is 27.0 Å². The minimum absolute atomic E-state index is 0.956. The van der Waals surface area contributed by atoms with Crippen LogP contribution in [0.2, 0.25) is 0 Å². The summed E-state index contributed by atoms with van der Waals surface area (Å²) in [5, 5.41) is 0. The molecular weight excluding hydrogens is 434 g/mol. The molecule has 0 aliphatic carbocycles. The third kappa shape index (κ3) is 4.67. The summed E-state index contributed by atoms with van der Waals surface area (Å²) in [4.78, 5) is 56.1. The van der Waals surface area contributed by atoms with Crippen molar-refractivity contribution >= 4 is 38.4 Å². The van der Waals surface area contributed by atoms with Crippen molar-refractivity contribution in [1.29, 1.82) is 0 Å². The zero-order valence-electron chi connectivity index (χ0n) is 15.0. The van der Waals surface area contributed by atoms with Crippen LogP contribution in [0, 0.1) is 113 Å². The maximum Gasteiger partial charge on any atom is 0.242 e. The summed E-state index contributed by atoms with van der Waals surface area (Å²) in [5.41, 5.74) is -6.36. The molecule has 1 N–H and O–H groups in total. The molecule has 0 unspecified atom stereocenters. The van der Waals surface area contributed by atoms with Crippen molar-refractivity contribution in [1.82, 2.24) is 0 Å². The maximum absolute atomic E-state index is 11.9. The van der Waals surface area contributed by atoms with Crippen molar-refractivity contribution in [2.75, 3.05) is 0 Å². The Morgan fingerprint density at radius 2 is 0.968 bits per heavy atom. The molecule has 0 aromatic rings. The largest absolute Gasteiger partial charge is 0.410 e. The van der Waals surface area contributed by atoms with Crippen LogP contribution in [0.15, 0.2) is 0 Å². The van der Waals surface area contributed by atoms with E-state index in [0.717, 1.165) is 0 Å². The summed E-state index contributed by atoms with van der Waals surface area (Å²) >= 11 is 0. The van der Waals surface area contributed by atoms with Crippen LogP contribution in [0.5, 0.6) is 0 Å². The molecule has 0 bridgehead atoms. The maximum atomic E-state index is 11.9. The van der Waals surface area contributed by atoms with Crippen molar-refractivity contribution in [3.8, 4) is 107 Å². The Kier molecular flexibility index (Phi) is 7.86. The van der Waals surface area contributed by atoms with E-state index in [1.807, 2.05) is 6.11 Å². The first kappa shape index (κ1) is 22.6.